The van der Waals surface area contributed by atoms with Crippen LogP contribution in [-0.2, 0) is 27.5 Å². The summed E-state index contributed by atoms with van der Waals surface area (Å²) in [6.45, 7) is 3.31. The Labute approximate surface area is 180 Å². The van der Waals surface area contributed by atoms with Crippen LogP contribution in [0.2, 0.25) is 0 Å². The van der Waals surface area contributed by atoms with E-state index in [1.54, 1.807) is 7.11 Å². The third-order valence-electron chi connectivity index (χ3n) is 4.88. The van der Waals surface area contributed by atoms with Gasteiger partial charge in [-0.05, 0) is 55.8 Å². The van der Waals surface area contributed by atoms with Crippen LogP contribution >= 0.6 is 0 Å². The quantitative estimate of drug-likeness (QED) is 0.593. The molecule has 1 aliphatic rings. The van der Waals surface area contributed by atoms with Gasteiger partial charge < -0.3 is 20.3 Å². The van der Waals surface area contributed by atoms with E-state index in [0.29, 0.717) is 6.54 Å². The maximum absolute atomic E-state index is 12.4. The maximum Gasteiger partial charge on any atom is 0.414 e. The Kier molecular flexibility index (Phi) is 9.44. The molecule has 1 saturated heterocycles. The van der Waals surface area contributed by atoms with Crippen molar-refractivity contribution in [1.29, 1.82) is 0 Å². The number of carbonyl (C=O) groups excluding carboxylic acids is 1. The summed E-state index contributed by atoms with van der Waals surface area (Å²) in [4.78, 5) is 37.3. The number of likely N-dealkylation sites (tertiary alicyclic amines) is 1. The lowest BCUT2D eigenvalue weighted by molar-refractivity contribution is -0.159. The van der Waals surface area contributed by atoms with Gasteiger partial charge in [-0.2, -0.15) is 0 Å². The molecule has 0 unspecified atom stereocenters. The van der Waals surface area contributed by atoms with Gasteiger partial charge in [-0.3, -0.25) is 14.7 Å². The predicted octanol–water partition coefficient (Wildman–Crippen LogP) is 1.77. The normalized spacial score (nSPS) is 14.1. The highest BCUT2D eigenvalue weighted by atomic mass is 16.5. The number of hydrogen-bond donors (Lipinski definition) is 3. The van der Waals surface area contributed by atoms with Crippen molar-refractivity contribution in [1.82, 2.24) is 15.2 Å². The number of aliphatic carboxylic acids is 2. The highest BCUT2D eigenvalue weighted by molar-refractivity contribution is 6.27. The van der Waals surface area contributed by atoms with Crippen molar-refractivity contribution < 1.29 is 29.3 Å². The second kappa shape index (κ2) is 12.3. The van der Waals surface area contributed by atoms with E-state index in [4.69, 9.17) is 24.5 Å². The fourth-order valence-electron chi connectivity index (χ4n) is 3.15. The minimum absolute atomic E-state index is 0.109. The summed E-state index contributed by atoms with van der Waals surface area (Å²) in [5.74, 6) is -2.55. The van der Waals surface area contributed by atoms with E-state index in [1.165, 1.54) is 0 Å². The molecule has 1 aromatic carbocycles. The summed E-state index contributed by atoms with van der Waals surface area (Å²) in [6.07, 6.45) is 3.64. The second-order valence-corrected chi connectivity index (χ2v) is 7.05. The first-order valence-electron chi connectivity index (χ1n) is 9.88. The molecular formula is C22H27N3O6. The largest absolute Gasteiger partial charge is 0.497 e. The third-order valence-corrected chi connectivity index (χ3v) is 4.88. The molecule has 166 valence electrons. The van der Waals surface area contributed by atoms with Crippen LogP contribution in [0.25, 0.3) is 0 Å². The van der Waals surface area contributed by atoms with Crippen LogP contribution < -0.4 is 10.1 Å². The predicted molar refractivity (Wildman–Crippen MR) is 112 cm³/mol. The zero-order chi connectivity index (χ0) is 22.6. The topological polar surface area (TPSA) is 129 Å². The highest BCUT2D eigenvalue weighted by Crippen LogP contribution is 2.19. The van der Waals surface area contributed by atoms with Crippen molar-refractivity contribution >= 4 is 17.8 Å². The lowest BCUT2D eigenvalue weighted by Crippen LogP contribution is -2.40. The van der Waals surface area contributed by atoms with E-state index in [0.717, 1.165) is 49.5 Å². The number of pyridine rings is 1. The number of nitrogens with one attached hydrogen (secondary N) is 1. The molecule has 1 aromatic heterocycles. The van der Waals surface area contributed by atoms with Gasteiger partial charge in [0.15, 0.2) is 0 Å². The molecule has 3 rings (SSSR count). The van der Waals surface area contributed by atoms with Crippen molar-refractivity contribution in [2.24, 2.45) is 5.92 Å². The van der Waals surface area contributed by atoms with Gasteiger partial charge in [-0.25, -0.2) is 9.59 Å². The number of ether oxygens (including phenoxy) is 1. The summed E-state index contributed by atoms with van der Waals surface area (Å²) in [7, 11) is 1.65. The number of aromatic nitrogens is 1. The van der Waals surface area contributed by atoms with Gasteiger partial charge in [0.1, 0.15) is 5.75 Å². The van der Waals surface area contributed by atoms with Crippen LogP contribution in [0.5, 0.6) is 5.75 Å². The van der Waals surface area contributed by atoms with E-state index in [1.807, 2.05) is 48.7 Å². The molecule has 0 spiro atoms. The lowest BCUT2D eigenvalue weighted by atomic mass is 9.95. The number of carboxylic acid groups (broad SMARTS) is 2. The van der Waals surface area contributed by atoms with E-state index in [2.05, 4.69) is 15.2 Å². The molecule has 0 aliphatic carbocycles. The number of amides is 1. The molecule has 0 atom stereocenters. The molecule has 3 N–H and O–H groups in total. The Morgan fingerprint density at radius 3 is 2.23 bits per heavy atom. The molecule has 9 heteroatoms. The molecular weight excluding hydrogens is 402 g/mol. The monoisotopic (exact) mass is 429 g/mol. The van der Waals surface area contributed by atoms with Gasteiger partial charge in [-0.1, -0.05) is 18.2 Å². The Bertz CT molecular complexity index is 837. The van der Waals surface area contributed by atoms with Gasteiger partial charge in [0.05, 0.1) is 12.8 Å². The minimum Gasteiger partial charge on any atom is -0.497 e. The molecule has 1 fully saturated rings. The van der Waals surface area contributed by atoms with Crippen LogP contribution in [0, 0.1) is 5.92 Å². The van der Waals surface area contributed by atoms with Crippen LogP contribution in [-0.4, -0.2) is 58.1 Å². The van der Waals surface area contributed by atoms with Gasteiger partial charge in [-0.15, -0.1) is 0 Å². The number of piperidine rings is 1. The first-order chi connectivity index (χ1) is 14.9. The third kappa shape index (κ3) is 8.43. The van der Waals surface area contributed by atoms with E-state index in [-0.39, 0.29) is 11.8 Å². The fourth-order valence-corrected chi connectivity index (χ4v) is 3.15. The Hall–Kier alpha value is -3.46. The zero-order valence-electron chi connectivity index (χ0n) is 17.4. The number of benzene rings is 1. The van der Waals surface area contributed by atoms with Crippen LogP contribution in [0.15, 0.2) is 48.7 Å². The minimum atomic E-state index is -1.82. The molecule has 1 amide bonds. The van der Waals surface area contributed by atoms with E-state index < -0.39 is 11.9 Å². The summed E-state index contributed by atoms with van der Waals surface area (Å²) in [5.41, 5.74) is 2.17. The molecule has 0 bridgehead atoms. The number of carboxylic acids is 2. The average molecular weight is 429 g/mol. The van der Waals surface area contributed by atoms with Gasteiger partial charge >= 0.3 is 11.9 Å². The van der Waals surface area contributed by atoms with Gasteiger partial charge in [0.2, 0.25) is 5.91 Å². The molecule has 0 saturated carbocycles. The Morgan fingerprint density at radius 2 is 1.71 bits per heavy atom. The van der Waals surface area contributed by atoms with Crippen LogP contribution in [0.4, 0.5) is 0 Å². The number of nitrogens with zero attached hydrogens (tertiary/aromatic N) is 2. The standard InChI is InChI=1S/C20H25N3O2.C2H2O4/c1-25-19-7-5-16(6-8-19)14-22-20(24)17-9-12-23(13-10-17)15-18-4-2-3-11-21-18;3-1(4)2(5)6/h2-8,11,17H,9-10,12-15H2,1H3,(H,22,24);(H,3,4)(H,5,6). The molecule has 1 aliphatic heterocycles. The second-order valence-electron chi connectivity index (χ2n) is 7.05. The summed E-state index contributed by atoms with van der Waals surface area (Å²) in [6, 6.07) is 13.8. The Balaban J connectivity index is 0.000000501. The van der Waals surface area contributed by atoms with Crippen molar-refractivity contribution in [3.05, 3.63) is 59.9 Å². The summed E-state index contributed by atoms with van der Waals surface area (Å²) in [5, 5.41) is 17.8. The molecule has 0 radical (unpaired) electrons. The first-order valence-corrected chi connectivity index (χ1v) is 9.88. The lowest BCUT2D eigenvalue weighted by Gasteiger charge is -2.31. The van der Waals surface area contributed by atoms with E-state index >= 15 is 0 Å². The Morgan fingerprint density at radius 1 is 1.06 bits per heavy atom. The smallest absolute Gasteiger partial charge is 0.414 e. The number of methoxy groups -OCH3 is 1. The highest BCUT2D eigenvalue weighted by Gasteiger charge is 2.24. The van der Waals surface area contributed by atoms with Gasteiger partial charge in [0, 0.05) is 25.2 Å². The molecule has 2 aromatic rings. The number of carbonyl (C=O) groups is 3. The number of hydrogen-bond acceptors (Lipinski definition) is 6. The SMILES string of the molecule is COc1ccc(CNC(=O)C2CCN(Cc3ccccn3)CC2)cc1.O=C(O)C(=O)O. The summed E-state index contributed by atoms with van der Waals surface area (Å²) >= 11 is 0. The van der Waals surface area contributed by atoms with Crippen LogP contribution in [0.1, 0.15) is 24.1 Å². The number of rotatable bonds is 6. The van der Waals surface area contributed by atoms with Crippen LogP contribution in [0.3, 0.4) is 0 Å². The van der Waals surface area contributed by atoms with E-state index in [9.17, 15) is 4.79 Å². The van der Waals surface area contributed by atoms with Crippen molar-refractivity contribution in [2.75, 3.05) is 20.2 Å². The van der Waals surface area contributed by atoms with Crippen molar-refractivity contribution in [2.45, 2.75) is 25.9 Å². The first kappa shape index (κ1) is 23.8. The molecule has 9 nitrogen and oxygen atoms in total. The van der Waals surface area contributed by atoms with Crippen molar-refractivity contribution in [3.63, 3.8) is 0 Å². The zero-order valence-corrected chi connectivity index (χ0v) is 17.4. The molecule has 2 heterocycles. The fraction of sp³-hybridized carbons (Fsp3) is 0.364. The van der Waals surface area contributed by atoms with Gasteiger partial charge in [0.25, 0.3) is 0 Å². The average Bonchev–Trinajstić information content (AvgIpc) is 2.79. The maximum atomic E-state index is 12.4. The summed E-state index contributed by atoms with van der Waals surface area (Å²) < 4.78 is 5.15. The van der Waals surface area contributed by atoms with Crippen molar-refractivity contribution in [3.8, 4) is 5.75 Å². The molecule has 31 heavy (non-hydrogen) atoms.